The van der Waals surface area contributed by atoms with Crippen LogP contribution in [-0.2, 0) is 13.0 Å². The van der Waals surface area contributed by atoms with Crippen molar-refractivity contribution in [2.45, 2.75) is 26.8 Å². The summed E-state index contributed by atoms with van der Waals surface area (Å²) in [7, 11) is 0. The van der Waals surface area contributed by atoms with Gasteiger partial charge in [-0.1, -0.05) is 17.7 Å². The molecule has 3 nitrogen and oxygen atoms in total. The highest BCUT2D eigenvalue weighted by atomic mass is 15.3. The van der Waals surface area contributed by atoms with E-state index in [9.17, 15) is 0 Å². The molecule has 0 fully saturated rings. The summed E-state index contributed by atoms with van der Waals surface area (Å²) in [6.45, 7) is 6.25. The monoisotopic (exact) mass is 227 g/mol. The summed E-state index contributed by atoms with van der Waals surface area (Å²) in [6, 6.07) is 6.51. The molecule has 0 spiro atoms. The maximum absolute atomic E-state index is 4.54. The zero-order valence-electron chi connectivity index (χ0n) is 10.3. The van der Waals surface area contributed by atoms with E-state index in [0.717, 1.165) is 19.5 Å². The maximum atomic E-state index is 4.54. The van der Waals surface area contributed by atoms with Crippen LogP contribution in [0.3, 0.4) is 0 Å². The first-order valence-corrected chi connectivity index (χ1v) is 6.10. The Bertz CT molecular complexity index is 555. The van der Waals surface area contributed by atoms with E-state index in [-0.39, 0.29) is 0 Å². The molecule has 1 aliphatic heterocycles. The Balaban J connectivity index is 2.12. The Kier molecular flexibility index (Phi) is 2.48. The number of aromatic nitrogens is 2. The summed E-state index contributed by atoms with van der Waals surface area (Å²) in [5, 5.41) is 7.94. The van der Waals surface area contributed by atoms with Gasteiger partial charge in [-0.3, -0.25) is 0 Å². The minimum atomic E-state index is 0.919. The van der Waals surface area contributed by atoms with Gasteiger partial charge in [0.15, 0.2) is 0 Å². The molecular formula is C14H17N3. The van der Waals surface area contributed by atoms with Crippen molar-refractivity contribution in [2.24, 2.45) is 0 Å². The van der Waals surface area contributed by atoms with E-state index in [1.807, 2.05) is 6.20 Å². The van der Waals surface area contributed by atoms with Gasteiger partial charge in [0.2, 0.25) is 0 Å². The number of nitrogens with one attached hydrogen (secondary N) is 1. The highest BCUT2D eigenvalue weighted by Gasteiger charge is 2.16. The SMILES string of the molecule is Cc1ccc(-n2ncc3c2CNCC3)c(C)c1. The fraction of sp³-hybridized carbons (Fsp3) is 0.357. The summed E-state index contributed by atoms with van der Waals surface area (Å²) < 4.78 is 2.08. The van der Waals surface area contributed by atoms with Crippen molar-refractivity contribution in [3.8, 4) is 5.69 Å². The van der Waals surface area contributed by atoms with Crippen LogP contribution in [0.25, 0.3) is 5.69 Å². The average molecular weight is 227 g/mol. The molecule has 0 amide bonds. The van der Waals surface area contributed by atoms with E-state index < -0.39 is 0 Å². The predicted octanol–water partition coefficient (Wildman–Crippen LogP) is 2.13. The number of nitrogens with zero attached hydrogens (tertiary/aromatic N) is 2. The molecule has 88 valence electrons. The molecule has 1 aliphatic rings. The standard InChI is InChI=1S/C14H17N3/c1-10-3-4-13(11(2)7-10)17-14-9-15-6-5-12(14)8-16-17/h3-4,7-8,15H,5-6,9H2,1-2H3. The third kappa shape index (κ3) is 1.76. The van der Waals surface area contributed by atoms with Crippen LogP contribution in [0.1, 0.15) is 22.4 Å². The van der Waals surface area contributed by atoms with Gasteiger partial charge in [-0.25, -0.2) is 4.68 Å². The number of hydrogen-bond acceptors (Lipinski definition) is 2. The number of aryl methyl sites for hydroxylation is 2. The first kappa shape index (κ1) is 10.5. The lowest BCUT2D eigenvalue weighted by molar-refractivity contribution is 0.614. The molecule has 2 heterocycles. The van der Waals surface area contributed by atoms with Crippen molar-refractivity contribution in [1.29, 1.82) is 0 Å². The van der Waals surface area contributed by atoms with Crippen LogP contribution in [0.2, 0.25) is 0 Å². The lowest BCUT2D eigenvalue weighted by Crippen LogP contribution is -2.25. The minimum Gasteiger partial charge on any atom is -0.311 e. The topological polar surface area (TPSA) is 29.9 Å². The van der Waals surface area contributed by atoms with Crippen molar-refractivity contribution < 1.29 is 0 Å². The van der Waals surface area contributed by atoms with Gasteiger partial charge in [0.25, 0.3) is 0 Å². The van der Waals surface area contributed by atoms with Gasteiger partial charge >= 0.3 is 0 Å². The molecule has 0 bridgehead atoms. The van der Waals surface area contributed by atoms with Gasteiger partial charge in [-0.2, -0.15) is 5.10 Å². The van der Waals surface area contributed by atoms with Crippen LogP contribution in [0.4, 0.5) is 0 Å². The highest BCUT2D eigenvalue weighted by Crippen LogP contribution is 2.21. The van der Waals surface area contributed by atoms with Crippen molar-refractivity contribution in [2.75, 3.05) is 6.54 Å². The number of benzene rings is 1. The second-order valence-corrected chi connectivity index (χ2v) is 4.75. The largest absolute Gasteiger partial charge is 0.311 e. The molecule has 3 heteroatoms. The van der Waals surface area contributed by atoms with Gasteiger partial charge < -0.3 is 5.32 Å². The van der Waals surface area contributed by atoms with Crippen LogP contribution in [-0.4, -0.2) is 16.3 Å². The third-order valence-corrected chi connectivity index (χ3v) is 3.40. The normalized spacial score (nSPS) is 14.7. The van der Waals surface area contributed by atoms with Crippen molar-refractivity contribution >= 4 is 0 Å². The molecule has 1 aromatic carbocycles. The zero-order chi connectivity index (χ0) is 11.8. The lowest BCUT2D eigenvalue weighted by Gasteiger charge is -2.16. The second-order valence-electron chi connectivity index (χ2n) is 4.75. The lowest BCUT2D eigenvalue weighted by atomic mass is 10.1. The zero-order valence-corrected chi connectivity index (χ0v) is 10.3. The summed E-state index contributed by atoms with van der Waals surface area (Å²) >= 11 is 0. The van der Waals surface area contributed by atoms with Crippen molar-refractivity contribution in [3.05, 3.63) is 46.8 Å². The summed E-state index contributed by atoms with van der Waals surface area (Å²) in [4.78, 5) is 0. The molecule has 0 unspecified atom stereocenters. The minimum absolute atomic E-state index is 0.919. The van der Waals surface area contributed by atoms with Crippen LogP contribution < -0.4 is 5.32 Å². The van der Waals surface area contributed by atoms with Crippen molar-refractivity contribution in [3.63, 3.8) is 0 Å². The molecular weight excluding hydrogens is 210 g/mol. The van der Waals surface area contributed by atoms with Gasteiger partial charge in [-0.05, 0) is 44.0 Å². The van der Waals surface area contributed by atoms with E-state index in [2.05, 4.69) is 47.1 Å². The quantitative estimate of drug-likeness (QED) is 0.809. The molecule has 2 aromatic rings. The molecule has 0 saturated carbocycles. The molecule has 0 aliphatic carbocycles. The molecule has 0 atom stereocenters. The molecule has 1 N–H and O–H groups in total. The Morgan fingerprint density at radius 3 is 3.00 bits per heavy atom. The van der Waals surface area contributed by atoms with Crippen LogP contribution in [0.15, 0.2) is 24.4 Å². The van der Waals surface area contributed by atoms with Crippen LogP contribution in [0.5, 0.6) is 0 Å². The Morgan fingerprint density at radius 2 is 2.18 bits per heavy atom. The summed E-state index contributed by atoms with van der Waals surface area (Å²) in [5.74, 6) is 0. The fourth-order valence-corrected chi connectivity index (χ4v) is 2.49. The Hall–Kier alpha value is -1.61. The number of rotatable bonds is 1. The second kappa shape index (κ2) is 4.00. The molecule has 0 radical (unpaired) electrons. The Morgan fingerprint density at radius 1 is 1.29 bits per heavy atom. The summed E-state index contributed by atoms with van der Waals surface area (Å²) in [6.07, 6.45) is 3.09. The first-order chi connectivity index (χ1) is 8.25. The Labute approximate surface area is 101 Å². The molecule has 0 saturated heterocycles. The van der Waals surface area contributed by atoms with Gasteiger partial charge in [0.1, 0.15) is 0 Å². The van der Waals surface area contributed by atoms with Gasteiger partial charge in [0, 0.05) is 6.54 Å². The molecule has 1 aromatic heterocycles. The highest BCUT2D eigenvalue weighted by molar-refractivity contribution is 5.44. The predicted molar refractivity (Wildman–Crippen MR) is 68.4 cm³/mol. The first-order valence-electron chi connectivity index (χ1n) is 6.10. The van der Waals surface area contributed by atoms with E-state index in [1.54, 1.807) is 0 Å². The van der Waals surface area contributed by atoms with E-state index in [4.69, 9.17) is 0 Å². The number of hydrogen-bond donors (Lipinski definition) is 1. The number of fused-ring (bicyclic) bond motifs is 1. The van der Waals surface area contributed by atoms with Crippen LogP contribution >= 0.6 is 0 Å². The van der Waals surface area contributed by atoms with E-state index in [1.165, 1.54) is 28.1 Å². The van der Waals surface area contributed by atoms with E-state index in [0.29, 0.717) is 0 Å². The third-order valence-electron chi connectivity index (χ3n) is 3.40. The average Bonchev–Trinajstić information content (AvgIpc) is 2.73. The smallest absolute Gasteiger partial charge is 0.0678 e. The van der Waals surface area contributed by atoms with E-state index >= 15 is 0 Å². The van der Waals surface area contributed by atoms with Crippen LogP contribution in [0, 0.1) is 13.8 Å². The maximum Gasteiger partial charge on any atom is 0.0678 e. The fourth-order valence-electron chi connectivity index (χ4n) is 2.49. The molecule has 3 rings (SSSR count). The summed E-state index contributed by atoms with van der Waals surface area (Å²) in [5.41, 5.74) is 6.46. The van der Waals surface area contributed by atoms with Gasteiger partial charge in [-0.15, -0.1) is 0 Å². The molecule has 17 heavy (non-hydrogen) atoms. The van der Waals surface area contributed by atoms with Gasteiger partial charge in [0.05, 0.1) is 17.6 Å². The van der Waals surface area contributed by atoms with Crippen molar-refractivity contribution in [1.82, 2.24) is 15.1 Å².